The number of amides is 2. The molecule has 130 valence electrons. The number of halogens is 2. The molecule has 0 saturated carbocycles. The van der Waals surface area contributed by atoms with Crippen LogP contribution in [0.5, 0.6) is 0 Å². The van der Waals surface area contributed by atoms with Crippen LogP contribution >= 0.6 is 0 Å². The van der Waals surface area contributed by atoms with Crippen LogP contribution < -0.4 is 10.6 Å². The Morgan fingerprint density at radius 3 is 2.62 bits per heavy atom. The molecule has 0 aliphatic rings. The molecule has 0 aliphatic heterocycles. The van der Waals surface area contributed by atoms with Crippen LogP contribution in [-0.2, 0) is 13.5 Å². The maximum Gasteiger partial charge on any atom is 0.315 e. The van der Waals surface area contributed by atoms with Crippen LogP contribution in [0, 0.1) is 17.6 Å². The zero-order valence-electron chi connectivity index (χ0n) is 14.0. The topological polar surface area (TPSA) is 59.0 Å². The van der Waals surface area contributed by atoms with E-state index in [0.717, 1.165) is 11.8 Å². The number of rotatable bonds is 6. The first-order valence-electron chi connectivity index (χ1n) is 7.84. The van der Waals surface area contributed by atoms with Crippen LogP contribution in [0.2, 0.25) is 0 Å². The minimum atomic E-state index is -0.663. The Bertz CT molecular complexity index is 700. The van der Waals surface area contributed by atoms with Gasteiger partial charge in [-0.25, -0.2) is 13.6 Å². The highest BCUT2D eigenvalue weighted by Gasteiger charge is 2.21. The number of hydrogen-bond acceptors (Lipinski definition) is 2. The zero-order chi connectivity index (χ0) is 17.7. The summed E-state index contributed by atoms with van der Waals surface area (Å²) in [4.78, 5) is 12.1. The summed E-state index contributed by atoms with van der Waals surface area (Å²) in [7, 11) is 1.83. The van der Waals surface area contributed by atoms with E-state index >= 15 is 0 Å². The summed E-state index contributed by atoms with van der Waals surface area (Å²) in [5.41, 5.74) is 1.27. The second-order valence-electron chi connectivity index (χ2n) is 5.98. The molecular formula is C17H22F2N4O. The molecule has 0 saturated heterocycles. The zero-order valence-corrected chi connectivity index (χ0v) is 14.0. The molecule has 1 heterocycles. The molecule has 0 radical (unpaired) electrons. The number of carbonyl (C=O) groups excluding carboxylic acids is 1. The first-order chi connectivity index (χ1) is 11.4. The van der Waals surface area contributed by atoms with E-state index in [4.69, 9.17) is 0 Å². The predicted molar refractivity (Wildman–Crippen MR) is 87.4 cm³/mol. The SMILES string of the molecule is CC(C)[C@@H](NC(=O)NCCc1ccnn1C)c1ccc(F)cc1F. The predicted octanol–water partition coefficient (Wildman–Crippen LogP) is 2.94. The lowest BCUT2D eigenvalue weighted by Crippen LogP contribution is -2.40. The van der Waals surface area contributed by atoms with Gasteiger partial charge in [0.25, 0.3) is 0 Å². The van der Waals surface area contributed by atoms with Crippen molar-refractivity contribution in [2.24, 2.45) is 13.0 Å². The molecule has 0 aliphatic carbocycles. The van der Waals surface area contributed by atoms with Crippen molar-refractivity contribution in [3.05, 3.63) is 53.4 Å². The lowest BCUT2D eigenvalue weighted by Gasteiger charge is -2.23. The van der Waals surface area contributed by atoms with Crippen LogP contribution in [-0.4, -0.2) is 22.4 Å². The molecule has 24 heavy (non-hydrogen) atoms. The lowest BCUT2D eigenvalue weighted by molar-refractivity contribution is 0.232. The summed E-state index contributed by atoms with van der Waals surface area (Å²) in [5.74, 6) is -1.35. The van der Waals surface area contributed by atoms with E-state index in [0.29, 0.717) is 13.0 Å². The largest absolute Gasteiger partial charge is 0.338 e. The maximum absolute atomic E-state index is 14.0. The minimum Gasteiger partial charge on any atom is -0.338 e. The van der Waals surface area contributed by atoms with E-state index in [1.165, 1.54) is 12.1 Å². The molecule has 2 rings (SSSR count). The molecule has 2 amide bonds. The van der Waals surface area contributed by atoms with Crippen LogP contribution in [0.3, 0.4) is 0 Å². The van der Waals surface area contributed by atoms with Gasteiger partial charge in [0.1, 0.15) is 11.6 Å². The first kappa shape index (κ1) is 17.9. The molecule has 5 nitrogen and oxygen atoms in total. The second-order valence-corrected chi connectivity index (χ2v) is 5.98. The summed E-state index contributed by atoms with van der Waals surface area (Å²) in [6, 6.07) is 4.33. The van der Waals surface area contributed by atoms with Gasteiger partial charge in [0.2, 0.25) is 0 Å². The van der Waals surface area contributed by atoms with E-state index in [-0.39, 0.29) is 17.5 Å². The van der Waals surface area contributed by atoms with Gasteiger partial charge in [0, 0.05) is 43.5 Å². The van der Waals surface area contributed by atoms with Gasteiger partial charge in [-0.3, -0.25) is 4.68 Å². The number of hydrogen-bond donors (Lipinski definition) is 2. The number of carbonyl (C=O) groups is 1. The van der Waals surface area contributed by atoms with E-state index in [1.54, 1.807) is 10.9 Å². The molecule has 2 aromatic rings. The number of nitrogens with one attached hydrogen (secondary N) is 2. The summed E-state index contributed by atoms with van der Waals surface area (Å²) < 4.78 is 28.8. The molecule has 0 unspecified atom stereocenters. The van der Waals surface area contributed by atoms with Crippen molar-refractivity contribution in [1.82, 2.24) is 20.4 Å². The lowest BCUT2D eigenvalue weighted by atomic mass is 9.95. The molecule has 1 aromatic carbocycles. The molecule has 0 fully saturated rings. The quantitative estimate of drug-likeness (QED) is 0.852. The van der Waals surface area contributed by atoms with Crippen molar-refractivity contribution < 1.29 is 13.6 Å². The van der Waals surface area contributed by atoms with Gasteiger partial charge in [0.05, 0.1) is 6.04 Å². The minimum absolute atomic E-state index is 0.0483. The Morgan fingerprint density at radius 2 is 2.04 bits per heavy atom. The second kappa shape index (κ2) is 7.90. The van der Waals surface area contributed by atoms with Crippen LogP contribution in [0.25, 0.3) is 0 Å². The highest BCUT2D eigenvalue weighted by molar-refractivity contribution is 5.74. The van der Waals surface area contributed by atoms with Crippen molar-refractivity contribution in [3.63, 3.8) is 0 Å². The molecule has 1 atom stereocenters. The summed E-state index contributed by atoms with van der Waals surface area (Å²) >= 11 is 0. The van der Waals surface area contributed by atoms with Gasteiger partial charge in [-0.15, -0.1) is 0 Å². The average Bonchev–Trinajstić information content (AvgIpc) is 2.91. The third-order valence-corrected chi connectivity index (χ3v) is 3.84. The summed E-state index contributed by atoms with van der Waals surface area (Å²) in [5, 5.41) is 9.56. The van der Waals surface area contributed by atoms with Gasteiger partial charge in [-0.05, 0) is 18.1 Å². The molecule has 0 spiro atoms. The molecule has 1 aromatic heterocycles. The van der Waals surface area contributed by atoms with E-state index in [1.807, 2.05) is 27.0 Å². The van der Waals surface area contributed by atoms with Crippen LogP contribution in [0.15, 0.2) is 30.5 Å². The van der Waals surface area contributed by atoms with E-state index in [9.17, 15) is 13.6 Å². The van der Waals surface area contributed by atoms with E-state index < -0.39 is 17.7 Å². The van der Waals surface area contributed by atoms with Gasteiger partial charge < -0.3 is 10.6 Å². The van der Waals surface area contributed by atoms with E-state index in [2.05, 4.69) is 15.7 Å². The normalized spacial score (nSPS) is 12.2. The first-order valence-corrected chi connectivity index (χ1v) is 7.84. The smallest absolute Gasteiger partial charge is 0.315 e. The van der Waals surface area contributed by atoms with Crippen LogP contribution in [0.1, 0.15) is 31.1 Å². The van der Waals surface area contributed by atoms with Gasteiger partial charge in [-0.2, -0.15) is 5.10 Å². The Kier molecular flexibility index (Phi) is 5.89. The summed E-state index contributed by atoms with van der Waals surface area (Å²) in [6.07, 6.45) is 2.34. The van der Waals surface area contributed by atoms with Crippen molar-refractivity contribution in [2.75, 3.05) is 6.54 Å². The number of nitrogens with zero attached hydrogens (tertiary/aromatic N) is 2. The van der Waals surface area contributed by atoms with Crippen molar-refractivity contribution in [2.45, 2.75) is 26.3 Å². The fourth-order valence-corrected chi connectivity index (χ4v) is 2.50. The average molecular weight is 336 g/mol. The molecule has 0 bridgehead atoms. The molecule has 7 heteroatoms. The number of aromatic nitrogens is 2. The maximum atomic E-state index is 14.0. The van der Waals surface area contributed by atoms with Crippen molar-refractivity contribution in [3.8, 4) is 0 Å². The highest BCUT2D eigenvalue weighted by Crippen LogP contribution is 2.24. The molecule has 2 N–H and O–H groups in total. The van der Waals surface area contributed by atoms with Crippen molar-refractivity contribution >= 4 is 6.03 Å². The fourth-order valence-electron chi connectivity index (χ4n) is 2.50. The molecular weight excluding hydrogens is 314 g/mol. The fraction of sp³-hybridized carbons (Fsp3) is 0.412. The summed E-state index contributed by atoms with van der Waals surface area (Å²) in [6.45, 7) is 4.16. The Balaban J connectivity index is 1.95. The Hall–Kier alpha value is -2.44. The standard InChI is InChI=1S/C17H22F2N4O/c1-11(2)16(14-5-4-12(18)10-15(14)19)22-17(24)20-8-6-13-7-9-21-23(13)3/h4-5,7,9-11,16H,6,8H2,1-3H3,(H2,20,22,24)/t16-/m1/s1. The monoisotopic (exact) mass is 336 g/mol. The Morgan fingerprint density at radius 1 is 1.29 bits per heavy atom. The third-order valence-electron chi connectivity index (χ3n) is 3.84. The number of urea groups is 1. The van der Waals surface area contributed by atoms with Crippen LogP contribution in [0.4, 0.5) is 13.6 Å². The van der Waals surface area contributed by atoms with Crippen molar-refractivity contribution in [1.29, 1.82) is 0 Å². The Labute approximate surface area is 140 Å². The third kappa shape index (κ3) is 4.53. The van der Waals surface area contributed by atoms with Gasteiger partial charge in [0.15, 0.2) is 0 Å². The number of aryl methyl sites for hydroxylation is 1. The number of benzene rings is 1. The van der Waals surface area contributed by atoms with Gasteiger partial charge >= 0.3 is 6.03 Å². The van der Waals surface area contributed by atoms with Gasteiger partial charge in [-0.1, -0.05) is 19.9 Å². The highest BCUT2D eigenvalue weighted by atomic mass is 19.1.